The minimum Gasteiger partial charge on any atom is -0.489 e. The maximum absolute atomic E-state index is 15.0. The fourth-order valence-electron chi connectivity index (χ4n) is 5.60. The predicted octanol–water partition coefficient (Wildman–Crippen LogP) is 4.50. The molecule has 1 unspecified atom stereocenters. The molecule has 4 heterocycles. The van der Waals surface area contributed by atoms with Crippen LogP contribution in [0.4, 0.5) is 20.2 Å². The smallest absolute Gasteiger partial charge is 0.201 e. The van der Waals surface area contributed by atoms with Gasteiger partial charge in [-0.25, -0.2) is 18.8 Å². The van der Waals surface area contributed by atoms with Crippen molar-refractivity contribution < 1.29 is 13.5 Å². The number of rotatable bonds is 3. The lowest BCUT2D eigenvalue weighted by atomic mass is 10.0. The monoisotopic (exact) mass is 507 g/mol. The fraction of sp³-hybridized carbons (Fsp3) is 0.407. The summed E-state index contributed by atoms with van der Waals surface area (Å²) in [7, 11) is 2.13. The Hall–Kier alpha value is -3.66. The molecule has 2 atom stereocenters. The van der Waals surface area contributed by atoms with Gasteiger partial charge in [0, 0.05) is 37.4 Å². The van der Waals surface area contributed by atoms with Crippen LogP contribution in [0.25, 0.3) is 11.0 Å². The van der Waals surface area contributed by atoms with Gasteiger partial charge < -0.3 is 29.7 Å². The van der Waals surface area contributed by atoms with Gasteiger partial charge in [0.15, 0.2) is 5.82 Å². The molecular formula is C27H31F2N7O. The summed E-state index contributed by atoms with van der Waals surface area (Å²) < 4.78 is 38.0. The highest BCUT2D eigenvalue weighted by Crippen LogP contribution is 2.37. The van der Waals surface area contributed by atoms with Crippen molar-refractivity contribution in [2.75, 3.05) is 43.5 Å². The molecule has 2 N–H and O–H groups in total. The van der Waals surface area contributed by atoms with Crippen molar-refractivity contribution in [3.63, 3.8) is 0 Å². The van der Waals surface area contributed by atoms with Crippen molar-refractivity contribution in [1.82, 2.24) is 19.8 Å². The van der Waals surface area contributed by atoms with Crippen LogP contribution < -0.4 is 20.3 Å². The number of halogens is 2. The second kappa shape index (κ2) is 9.02. The van der Waals surface area contributed by atoms with E-state index in [0.717, 1.165) is 42.6 Å². The third-order valence-corrected chi connectivity index (χ3v) is 7.32. The number of guanidine groups is 1. The first-order valence-electron chi connectivity index (χ1n) is 12.7. The number of likely N-dealkylation sites (N-methyl/N-ethyl adjacent to an activating group) is 1. The van der Waals surface area contributed by atoms with Crippen LogP contribution in [0.2, 0.25) is 0 Å². The number of fused-ring (bicyclic) bond motifs is 4. The maximum atomic E-state index is 15.0. The van der Waals surface area contributed by atoms with Gasteiger partial charge in [-0.2, -0.15) is 0 Å². The molecule has 0 saturated carbocycles. The summed E-state index contributed by atoms with van der Waals surface area (Å²) in [5.41, 5.74) is 3.24. The summed E-state index contributed by atoms with van der Waals surface area (Å²) in [6.45, 7) is 9.46. The summed E-state index contributed by atoms with van der Waals surface area (Å²) in [5, 5.41) is 6.31. The average molecular weight is 508 g/mol. The zero-order chi connectivity index (χ0) is 25.8. The molecule has 1 aromatic heterocycles. The number of piperazine rings is 1. The van der Waals surface area contributed by atoms with Crippen molar-refractivity contribution in [3.8, 4) is 5.75 Å². The number of aliphatic imine (C=N–C) groups is 1. The molecule has 194 valence electrons. The fourth-order valence-corrected chi connectivity index (χ4v) is 5.60. The lowest BCUT2D eigenvalue weighted by Gasteiger charge is -2.44. The van der Waals surface area contributed by atoms with Gasteiger partial charge in [0.25, 0.3) is 0 Å². The van der Waals surface area contributed by atoms with Crippen molar-refractivity contribution in [1.29, 1.82) is 0 Å². The van der Waals surface area contributed by atoms with Crippen molar-refractivity contribution in [2.45, 2.75) is 38.9 Å². The van der Waals surface area contributed by atoms with Gasteiger partial charge in [0.05, 0.1) is 23.4 Å². The first kappa shape index (κ1) is 23.7. The number of aryl methyl sites for hydroxylation is 1. The lowest BCUT2D eigenvalue weighted by Crippen LogP contribution is -2.56. The van der Waals surface area contributed by atoms with Crippen molar-refractivity contribution in [2.24, 2.45) is 4.99 Å². The van der Waals surface area contributed by atoms with Crippen LogP contribution in [0.3, 0.4) is 0 Å². The number of anilines is 2. The molecule has 3 aromatic rings. The Morgan fingerprint density at radius 3 is 2.81 bits per heavy atom. The van der Waals surface area contributed by atoms with Gasteiger partial charge in [-0.05, 0) is 57.6 Å². The number of benzene rings is 2. The van der Waals surface area contributed by atoms with Crippen LogP contribution in [0, 0.1) is 12.7 Å². The first-order chi connectivity index (χ1) is 17.8. The quantitative estimate of drug-likeness (QED) is 0.544. The first-order valence-corrected chi connectivity index (χ1v) is 12.7. The van der Waals surface area contributed by atoms with Gasteiger partial charge in [-0.1, -0.05) is 0 Å². The van der Waals surface area contributed by atoms with Crippen LogP contribution in [-0.2, 0) is 0 Å². The molecule has 10 heteroatoms. The third kappa shape index (κ3) is 4.19. The standard InChI is InChI=1S/C27H31F2N7O/c1-15(2)36-16(3)31-26-20(28)9-17(10-23(26)36)25-21(29)12-30-27(33-25)32-18-5-6-22-24(11-18)37-14-19-13-34(4)7-8-35(19)22/h5-6,9-12,15,19,25H,7-8,13-14H2,1-4H3,(H2,30,32,33)/t19-,25?/m0/s1. The maximum Gasteiger partial charge on any atom is 0.201 e. The Balaban J connectivity index is 1.24. The molecule has 0 bridgehead atoms. The SMILES string of the molecule is Cc1nc2c(F)cc(C3NC(Nc4ccc5c(c4)OC[C@@H]4CN(C)CCN54)=NC=C3F)cc2n1C(C)C. The van der Waals surface area contributed by atoms with Crippen molar-refractivity contribution >= 4 is 28.4 Å². The summed E-state index contributed by atoms with van der Waals surface area (Å²) in [6.07, 6.45) is 1.17. The Morgan fingerprint density at radius 1 is 1.16 bits per heavy atom. The normalized spacial score (nSPS) is 21.6. The summed E-state index contributed by atoms with van der Waals surface area (Å²) in [5.74, 6) is 0.927. The van der Waals surface area contributed by atoms with Gasteiger partial charge in [0.1, 0.15) is 35.6 Å². The molecule has 6 rings (SSSR count). The summed E-state index contributed by atoms with van der Waals surface area (Å²) in [4.78, 5) is 13.3. The number of aromatic nitrogens is 2. The Bertz CT molecular complexity index is 1430. The van der Waals surface area contributed by atoms with Crippen LogP contribution in [0.5, 0.6) is 5.75 Å². The number of imidazole rings is 1. The van der Waals surface area contributed by atoms with Gasteiger partial charge in [-0.15, -0.1) is 0 Å². The molecular weight excluding hydrogens is 476 g/mol. The van der Waals surface area contributed by atoms with Crippen LogP contribution >= 0.6 is 0 Å². The van der Waals surface area contributed by atoms with Crippen LogP contribution in [0.15, 0.2) is 47.4 Å². The van der Waals surface area contributed by atoms with Crippen LogP contribution in [0.1, 0.15) is 37.3 Å². The number of hydrogen-bond acceptors (Lipinski definition) is 7. The van der Waals surface area contributed by atoms with Gasteiger partial charge >= 0.3 is 0 Å². The summed E-state index contributed by atoms with van der Waals surface area (Å²) in [6, 6.07) is 8.64. The van der Waals surface area contributed by atoms with E-state index in [0.29, 0.717) is 35.2 Å². The largest absolute Gasteiger partial charge is 0.489 e. The van der Waals surface area contributed by atoms with E-state index in [1.54, 1.807) is 6.07 Å². The van der Waals surface area contributed by atoms with Gasteiger partial charge in [0.2, 0.25) is 5.96 Å². The minimum atomic E-state index is -0.880. The van der Waals surface area contributed by atoms with E-state index in [1.165, 1.54) is 12.3 Å². The molecule has 3 aliphatic rings. The van der Waals surface area contributed by atoms with E-state index in [-0.39, 0.29) is 6.04 Å². The zero-order valence-corrected chi connectivity index (χ0v) is 21.4. The van der Waals surface area contributed by atoms with Crippen LogP contribution in [-0.4, -0.2) is 59.7 Å². The second-order valence-electron chi connectivity index (χ2n) is 10.3. The van der Waals surface area contributed by atoms with Crippen molar-refractivity contribution in [3.05, 3.63) is 59.6 Å². The molecule has 0 aliphatic carbocycles. The number of nitrogens with one attached hydrogen (secondary N) is 2. The molecule has 8 nitrogen and oxygen atoms in total. The average Bonchev–Trinajstić information content (AvgIpc) is 3.21. The molecule has 0 amide bonds. The van der Waals surface area contributed by atoms with E-state index in [1.807, 2.05) is 43.5 Å². The number of hydrogen-bond donors (Lipinski definition) is 2. The molecule has 1 saturated heterocycles. The van der Waals surface area contributed by atoms with E-state index in [9.17, 15) is 4.39 Å². The summed E-state index contributed by atoms with van der Waals surface area (Å²) >= 11 is 0. The highest BCUT2D eigenvalue weighted by Gasteiger charge is 2.32. The molecule has 1 fully saturated rings. The molecule has 37 heavy (non-hydrogen) atoms. The highest BCUT2D eigenvalue weighted by molar-refractivity contribution is 5.95. The Kier molecular flexibility index (Phi) is 5.78. The number of nitrogens with zero attached hydrogens (tertiary/aromatic N) is 5. The molecule has 2 aromatic carbocycles. The minimum absolute atomic E-state index is 0.0884. The zero-order valence-electron chi connectivity index (χ0n) is 21.4. The molecule has 3 aliphatic heterocycles. The van der Waals surface area contributed by atoms with E-state index < -0.39 is 17.7 Å². The lowest BCUT2D eigenvalue weighted by molar-refractivity contribution is 0.188. The molecule has 0 spiro atoms. The number of ether oxygens (including phenoxy) is 1. The van der Waals surface area contributed by atoms with Gasteiger partial charge in [-0.3, -0.25) is 0 Å². The molecule has 0 radical (unpaired) electrons. The second-order valence-corrected chi connectivity index (χ2v) is 10.3. The van der Waals surface area contributed by atoms with E-state index in [2.05, 4.69) is 37.5 Å². The Morgan fingerprint density at radius 2 is 2.00 bits per heavy atom. The Labute approximate surface area is 214 Å². The van der Waals surface area contributed by atoms with E-state index in [4.69, 9.17) is 4.74 Å². The predicted molar refractivity (Wildman–Crippen MR) is 142 cm³/mol. The topological polar surface area (TPSA) is 70.0 Å². The third-order valence-electron chi connectivity index (χ3n) is 7.32. The van der Waals surface area contributed by atoms with E-state index >= 15 is 4.39 Å². The highest BCUT2D eigenvalue weighted by atomic mass is 19.1.